The van der Waals surface area contributed by atoms with E-state index < -0.39 is 36.7 Å². The Balaban J connectivity index is 2.64. The van der Waals surface area contributed by atoms with Crippen LogP contribution < -0.4 is 9.62 Å². The van der Waals surface area contributed by atoms with Gasteiger partial charge in [-0.3, -0.25) is 4.72 Å². The van der Waals surface area contributed by atoms with E-state index in [0.717, 1.165) is 18.2 Å². The predicted octanol–water partition coefficient (Wildman–Crippen LogP) is 3.60. The fraction of sp³-hybridized carbons (Fsp3) is 0.368. The van der Waals surface area contributed by atoms with E-state index in [2.05, 4.69) is 4.72 Å². The molecular weight excluding hydrogens is 455 g/mol. The van der Waals surface area contributed by atoms with Crippen LogP contribution >= 0.6 is 0 Å². The summed E-state index contributed by atoms with van der Waals surface area (Å²) in [6, 6.07) is 7.60. The highest BCUT2D eigenvalue weighted by atomic mass is 32.2. The third kappa shape index (κ3) is 5.31. The molecule has 0 aliphatic heterocycles. The minimum Gasteiger partial charge on any atom is -0.376 e. The van der Waals surface area contributed by atoms with Crippen LogP contribution in [-0.2, 0) is 26.2 Å². The van der Waals surface area contributed by atoms with Crippen molar-refractivity contribution in [2.45, 2.75) is 29.8 Å². The number of hydrogen-bond donors (Lipinski definition) is 1. The highest BCUT2D eigenvalue weighted by Gasteiger charge is 2.37. The van der Waals surface area contributed by atoms with Crippen molar-refractivity contribution in [2.75, 3.05) is 36.8 Å². The van der Waals surface area contributed by atoms with Crippen molar-refractivity contribution in [1.82, 2.24) is 4.31 Å². The highest BCUT2D eigenvalue weighted by Crippen LogP contribution is 2.36. The first-order valence-electron chi connectivity index (χ1n) is 9.26. The highest BCUT2D eigenvalue weighted by molar-refractivity contribution is 7.92. The monoisotopic (exact) mass is 479 g/mol. The van der Waals surface area contributed by atoms with E-state index in [1.165, 1.54) is 27.4 Å². The molecule has 0 unspecified atom stereocenters. The Hall–Kier alpha value is -2.31. The number of rotatable bonds is 8. The lowest BCUT2D eigenvalue weighted by atomic mass is 10.2. The number of hydrogen-bond acceptors (Lipinski definition) is 5. The molecule has 0 bridgehead atoms. The van der Waals surface area contributed by atoms with Crippen molar-refractivity contribution in [1.29, 1.82) is 0 Å². The van der Waals surface area contributed by atoms with E-state index in [4.69, 9.17) is 0 Å². The van der Waals surface area contributed by atoms with E-state index >= 15 is 0 Å². The number of nitrogens with one attached hydrogen (secondary N) is 1. The van der Waals surface area contributed by atoms with Crippen LogP contribution in [0.15, 0.2) is 52.3 Å². The Kier molecular flexibility index (Phi) is 7.28. The van der Waals surface area contributed by atoms with Gasteiger partial charge in [0, 0.05) is 27.2 Å². The van der Waals surface area contributed by atoms with E-state index in [0.29, 0.717) is 6.07 Å². The Morgan fingerprint density at radius 2 is 1.52 bits per heavy atom. The molecule has 0 atom stereocenters. The summed E-state index contributed by atoms with van der Waals surface area (Å²) in [6.45, 7) is 3.72. The maximum Gasteiger partial charge on any atom is 0.417 e. The van der Waals surface area contributed by atoms with Gasteiger partial charge in [-0.2, -0.15) is 17.5 Å². The van der Waals surface area contributed by atoms with Crippen LogP contribution in [0.2, 0.25) is 0 Å². The van der Waals surface area contributed by atoms with Gasteiger partial charge in [-0.05, 0) is 30.3 Å². The standard InChI is InChI=1S/C19H24F3N3O4S2/c1-5-25(6-2)31(28,29)14-11-12-17(24(3)4)16(13-14)23-30(26,27)18-10-8-7-9-15(18)19(20,21)22/h7-13,23H,5-6H2,1-4H3. The van der Waals surface area contributed by atoms with Gasteiger partial charge in [-0.1, -0.05) is 26.0 Å². The fourth-order valence-corrected chi connectivity index (χ4v) is 5.77. The summed E-state index contributed by atoms with van der Waals surface area (Å²) in [5.41, 5.74) is -1.19. The van der Waals surface area contributed by atoms with Gasteiger partial charge < -0.3 is 4.90 Å². The Labute approximate surface area is 180 Å². The summed E-state index contributed by atoms with van der Waals surface area (Å²) in [5, 5.41) is 0. The zero-order valence-electron chi connectivity index (χ0n) is 17.4. The third-order valence-corrected chi connectivity index (χ3v) is 7.99. The fourth-order valence-electron chi connectivity index (χ4n) is 2.99. The predicted molar refractivity (Wildman–Crippen MR) is 113 cm³/mol. The van der Waals surface area contributed by atoms with Gasteiger partial charge in [0.1, 0.15) is 0 Å². The Morgan fingerprint density at radius 3 is 2.03 bits per heavy atom. The molecule has 0 saturated carbocycles. The van der Waals surface area contributed by atoms with Gasteiger partial charge in [-0.15, -0.1) is 0 Å². The lowest BCUT2D eigenvalue weighted by Crippen LogP contribution is -2.30. The number of benzene rings is 2. The first-order valence-corrected chi connectivity index (χ1v) is 12.2. The molecule has 172 valence electrons. The van der Waals surface area contributed by atoms with Crippen LogP contribution in [0, 0.1) is 0 Å². The summed E-state index contributed by atoms with van der Waals surface area (Å²) >= 11 is 0. The zero-order valence-corrected chi connectivity index (χ0v) is 19.1. The molecule has 2 rings (SSSR count). The SMILES string of the molecule is CCN(CC)S(=O)(=O)c1ccc(N(C)C)c(NS(=O)(=O)c2ccccc2C(F)(F)F)c1. The topological polar surface area (TPSA) is 86.8 Å². The molecule has 0 aliphatic carbocycles. The van der Waals surface area contributed by atoms with Crippen LogP contribution in [0.1, 0.15) is 19.4 Å². The van der Waals surface area contributed by atoms with Gasteiger partial charge in [-0.25, -0.2) is 16.8 Å². The first kappa shape index (κ1) is 25.0. The molecule has 0 saturated heterocycles. The number of halogens is 3. The summed E-state index contributed by atoms with van der Waals surface area (Å²) in [5.74, 6) is 0. The number of sulfonamides is 2. The average Bonchev–Trinajstić information content (AvgIpc) is 2.67. The second-order valence-corrected chi connectivity index (χ2v) is 10.4. The molecule has 0 fully saturated rings. The average molecular weight is 480 g/mol. The van der Waals surface area contributed by atoms with Crippen molar-refractivity contribution < 1.29 is 30.0 Å². The first-order chi connectivity index (χ1) is 14.3. The van der Waals surface area contributed by atoms with Crippen molar-refractivity contribution in [3.05, 3.63) is 48.0 Å². The summed E-state index contributed by atoms with van der Waals surface area (Å²) in [4.78, 5) is 0.384. The van der Waals surface area contributed by atoms with E-state index in [-0.39, 0.29) is 29.4 Å². The quantitative estimate of drug-likeness (QED) is 0.625. The van der Waals surface area contributed by atoms with Crippen LogP contribution in [0.5, 0.6) is 0 Å². The van der Waals surface area contributed by atoms with Gasteiger partial charge in [0.05, 0.1) is 26.7 Å². The Morgan fingerprint density at radius 1 is 0.935 bits per heavy atom. The summed E-state index contributed by atoms with van der Waals surface area (Å²) in [7, 11) is -5.41. The molecule has 0 aromatic heterocycles. The Bertz CT molecular complexity index is 1140. The van der Waals surface area contributed by atoms with E-state index in [1.807, 2.05) is 0 Å². The zero-order chi connectivity index (χ0) is 23.6. The van der Waals surface area contributed by atoms with Crippen LogP contribution in [0.25, 0.3) is 0 Å². The minimum atomic E-state index is -4.89. The molecule has 2 aromatic rings. The molecule has 0 radical (unpaired) electrons. The third-order valence-electron chi connectivity index (χ3n) is 4.52. The van der Waals surface area contributed by atoms with Crippen LogP contribution in [-0.4, -0.2) is 48.3 Å². The van der Waals surface area contributed by atoms with E-state index in [1.54, 1.807) is 27.9 Å². The van der Waals surface area contributed by atoms with Gasteiger partial charge in [0.25, 0.3) is 10.0 Å². The smallest absolute Gasteiger partial charge is 0.376 e. The molecule has 31 heavy (non-hydrogen) atoms. The molecular formula is C19H24F3N3O4S2. The molecule has 0 aliphatic rings. The number of anilines is 2. The summed E-state index contributed by atoms with van der Waals surface area (Å²) in [6.07, 6.45) is -4.89. The number of alkyl halides is 3. The second kappa shape index (κ2) is 9.05. The van der Waals surface area contributed by atoms with Gasteiger partial charge in [0.15, 0.2) is 0 Å². The van der Waals surface area contributed by atoms with Crippen molar-refractivity contribution in [2.24, 2.45) is 0 Å². The molecule has 12 heteroatoms. The lowest BCUT2D eigenvalue weighted by molar-refractivity contribution is -0.139. The minimum absolute atomic E-state index is 0.157. The van der Waals surface area contributed by atoms with E-state index in [9.17, 15) is 30.0 Å². The van der Waals surface area contributed by atoms with Crippen molar-refractivity contribution in [3.63, 3.8) is 0 Å². The molecule has 7 nitrogen and oxygen atoms in total. The van der Waals surface area contributed by atoms with Crippen LogP contribution in [0.4, 0.5) is 24.5 Å². The molecule has 0 spiro atoms. The number of nitrogens with zero attached hydrogens (tertiary/aromatic N) is 2. The van der Waals surface area contributed by atoms with Crippen molar-refractivity contribution in [3.8, 4) is 0 Å². The second-order valence-electron chi connectivity index (χ2n) is 6.76. The van der Waals surface area contributed by atoms with Crippen LogP contribution in [0.3, 0.4) is 0 Å². The molecule has 1 N–H and O–H groups in total. The van der Waals surface area contributed by atoms with Gasteiger partial charge in [0.2, 0.25) is 10.0 Å². The summed E-state index contributed by atoms with van der Waals surface area (Å²) < 4.78 is 94.7. The maximum atomic E-state index is 13.3. The lowest BCUT2D eigenvalue weighted by Gasteiger charge is -2.23. The maximum absolute atomic E-state index is 13.3. The largest absolute Gasteiger partial charge is 0.417 e. The molecule has 2 aromatic carbocycles. The molecule has 0 heterocycles. The van der Waals surface area contributed by atoms with Crippen molar-refractivity contribution >= 4 is 31.4 Å². The normalized spacial score (nSPS) is 12.8. The van der Waals surface area contributed by atoms with Gasteiger partial charge >= 0.3 is 6.18 Å². The molecule has 0 amide bonds.